The van der Waals surface area contributed by atoms with Gasteiger partial charge in [-0.3, -0.25) is 4.79 Å². The highest BCUT2D eigenvalue weighted by Gasteiger charge is 2.35. The molecule has 0 aromatic heterocycles. The number of methoxy groups -OCH3 is 1. The maximum absolute atomic E-state index is 13.4. The molecule has 6 nitrogen and oxygen atoms in total. The van der Waals surface area contributed by atoms with Crippen molar-refractivity contribution in [2.75, 3.05) is 36.6 Å². The maximum Gasteiger partial charge on any atom is 0.258 e. The molecule has 0 spiro atoms. The SMILES string of the molecule is CCN(CC)c1ccc(CN(C(=O)c2ccccc2OC)[C@@H]2CCS(=O)(=O)C2)cc1. The van der Waals surface area contributed by atoms with Crippen molar-refractivity contribution in [3.63, 3.8) is 0 Å². The van der Waals surface area contributed by atoms with Crippen LogP contribution in [0.3, 0.4) is 0 Å². The van der Waals surface area contributed by atoms with Crippen molar-refractivity contribution < 1.29 is 17.9 Å². The number of rotatable bonds is 8. The van der Waals surface area contributed by atoms with E-state index in [1.807, 2.05) is 18.2 Å². The fraction of sp³-hybridized carbons (Fsp3) is 0.435. The molecular formula is C23H30N2O4S. The van der Waals surface area contributed by atoms with Gasteiger partial charge in [0.2, 0.25) is 0 Å². The molecule has 1 saturated heterocycles. The average molecular weight is 431 g/mol. The topological polar surface area (TPSA) is 66.9 Å². The lowest BCUT2D eigenvalue weighted by molar-refractivity contribution is 0.0677. The van der Waals surface area contributed by atoms with Gasteiger partial charge in [-0.15, -0.1) is 0 Å². The number of sulfone groups is 1. The van der Waals surface area contributed by atoms with Crippen LogP contribution in [0.5, 0.6) is 5.75 Å². The number of benzene rings is 2. The summed E-state index contributed by atoms with van der Waals surface area (Å²) in [6.45, 7) is 6.44. The summed E-state index contributed by atoms with van der Waals surface area (Å²) >= 11 is 0. The standard InChI is InChI=1S/C23H30N2O4S/c1-4-24(5-2)19-12-10-18(11-13-19)16-25(20-14-15-30(27,28)17-20)23(26)21-8-6-7-9-22(21)29-3/h6-13,20H,4-5,14-17H2,1-3H3/t20-/m1/s1. The first kappa shape index (κ1) is 22.2. The summed E-state index contributed by atoms with van der Waals surface area (Å²) in [5.41, 5.74) is 2.55. The van der Waals surface area contributed by atoms with Gasteiger partial charge in [0.05, 0.1) is 24.2 Å². The van der Waals surface area contributed by atoms with Gasteiger partial charge in [-0.25, -0.2) is 8.42 Å². The molecule has 0 aliphatic carbocycles. The number of ether oxygens (including phenoxy) is 1. The van der Waals surface area contributed by atoms with E-state index < -0.39 is 9.84 Å². The third-order valence-corrected chi connectivity index (χ3v) is 7.42. The Kier molecular flexibility index (Phi) is 7.02. The zero-order valence-corrected chi connectivity index (χ0v) is 18.7. The first-order valence-electron chi connectivity index (χ1n) is 10.4. The second kappa shape index (κ2) is 9.51. The Morgan fingerprint density at radius 1 is 1.07 bits per heavy atom. The zero-order valence-electron chi connectivity index (χ0n) is 17.9. The molecule has 0 saturated carbocycles. The van der Waals surface area contributed by atoms with E-state index in [2.05, 4.69) is 30.9 Å². The van der Waals surface area contributed by atoms with Crippen molar-refractivity contribution >= 4 is 21.4 Å². The van der Waals surface area contributed by atoms with Gasteiger partial charge in [-0.2, -0.15) is 0 Å². The molecule has 1 aliphatic heterocycles. The number of amides is 1. The van der Waals surface area contributed by atoms with E-state index in [4.69, 9.17) is 4.74 Å². The van der Waals surface area contributed by atoms with Crippen molar-refractivity contribution in [1.29, 1.82) is 0 Å². The van der Waals surface area contributed by atoms with Crippen LogP contribution < -0.4 is 9.64 Å². The van der Waals surface area contributed by atoms with E-state index >= 15 is 0 Å². The molecule has 1 fully saturated rings. The van der Waals surface area contributed by atoms with E-state index in [1.54, 1.807) is 23.1 Å². The summed E-state index contributed by atoms with van der Waals surface area (Å²) in [6, 6.07) is 14.9. The highest BCUT2D eigenvalue weighted by atomic mass is 32.2. The Morgan fingerprint density at radius 3 is 2.30 bits per heavy atom. The molecule has 3 rings (SSSR count). The number of nitrogens with zero attached hydrogens (tertiary/aromatic N) is 2. The molecule has 0 bridgehead atoms. The Bertz CT molecular complexity index is 969. The summed E-state index contributed by atoms with van der Waals surface area (Å²) in [5, 5.41) is 0. The smallest absolute Gasteiger partial charge is 0.258 e. The molecule has 7 heteroatoms. The van der Waals surface area contributed by atoms with Crippen LogP contribution in [0.2, 0.25) is 0 Å². The van der Waals surface area contributed by atoms with E-state index in [1.165, 1.54) is 7.11 Å². The van der Waals surface area contributed by atoms with Crippen LogP contribution in [0.25, 0.3) is 0 Å². The molecule has 2 aromatic rings. The van der Waals surface area contributed by atoms with Crippen LogP contribution in [0, 0.1) is 0 Å². The van der Waals surface area contributed by atoms with Crippen LogP contribution in [0.4, 0.5) is 5.69 Å². The largest absolute Gasteiger partial charge is 0.496 e. The van der Waals surface area contributed by atoms with Crippen molar-refractivity contribution in [1.82, 2.24) is 4.90 Å². The van der Waals surface area contributed by atoms with E-state index in [-0.39, 0.29) is 23.5 Å². The van der Waals surface area contributed by atoms with Gasteiger partial charge in [0.15, 0.2) is 9.84 Å². The van der Waals surface area contributed by atoms with Crippen molar-refractivity contribution in [2.24, 2.45) is 0 Å². The molecular weight excluding hydrogens is 400 g/mol. The monoisotopic (exact) mass is 430 g/mol. The lowest BCUT2D eigenvalue weighted by atomic mass is 10.1. The van der Waals surface area contributed by atoms with Crippen molar-refractivity contribution in [3.8, 4) is 5.75 Å². The summed E-state index contributed by atoms with van der Waals surface area (Å²) < 4.78 is 29.6. The number of carbonyl (C=O) groups excluding carboxylic acids is 1. The van der Waals surface area contributed by atoms with Crippen LogP contribution in [-0.4, -0.2) is 57.0 Å². The normalized spacial score (nSPS) is 17.5. The fourth-order valence-corrected chi connectivity index (χ4v) is 5.69. The highest BCUT2D eigenvalue weighted by Crippen LogP contribution is 2.26. The van der Waals surface area contributed by atoms with Crippen molar-refractivity contribution in [3.05, 3.63) is 59.7 Å². The molecule has 0 N–H and O–H groups in total. The van der Waals surface area contributed by atoms with Crippen LogP contribution in [0.15, 0.2) is 48.5 Å². The van der Waals surface area contributed by atoms with Gasteiger partial charge in [0, 0.05) is 31.4 Å². The molecule has 2 aromatic carbocycles. The minimum absolute atomic E-state index is 0.00538. The molecule has 1 amide bonds. The first-order valence-corrected chi connectivity index (χ1v) is 12.2. The predicted molar refractivity (Wildman–Crippen MR) is 120 cm³/mol. The van der Waals surface area contributed by atoms with Gasteiger partial charge in [-0.05, 0) is 50.1 Å². The lowest BCUT2D eigenvalue weighted by Crippen LogP contribution is -2.40. The Balaban J connectivity index is 1.89. The molecule has 1 atom stereocenters. The quantitative estimate of drug-likeness (QED) is 0.642. The Hall–Kier alpha value is -2.54. The van der Waals surface area contributed by atoms with Gasteiger partial charge >= 0.3 is 0 Å². The van der Waals surface area contributed by atoms with Crippen LogP contribution in [-0.2, 0) is 16.4 Å². The second-order valence-electron chi connectivity index (χ2n) is 7.53. The van der Waals surface area contributed by atoms with Gasteiger partial charge < -0.3 is 14.5 Å². The third kappa shape index (κ3) is 4.95. The van der Waals surface area contributed by atoms with E-state index in [0.717, 1.165) is 24.3 Å². The number of anilines is 1. The number of carbonyl (C=O) groups is 1. The number of hydrogen-bond donors (Lipinski definition) is 0. The highest BCUT2D eigenvalue weighted by molar-refractivity contribution is 7.91. The number of para-hydroxylation sites is 1. The van der Waals surface area contributed by atoms with Gasteiger partial charge in [0.25, 0.3) is 5.91 Å². The van der Waals surface area contributed by atoms with Gasteiger partial charge in [-0.1, -0.05) is 24.3 Å². The molecule has 0 unspecified atom stereocenters. The van der Waals surface area contributed by atoms with E-state index in [0.29, 0.717) is 24.3 Å². The summed E-state index contributed by atoms with van der Waals surface area (Å²) in [6.07, 6.45) is 0.459. The third-order valence-electron chi connectivity index (χ3n) is 5.67. The molecule has 162 valence electrons. The lowest BCUT2D eigenvalue weighted by Gasteiger charge is -2.29. The van der Waals surface area contributed by atoms with Gasteiger partial charge in [0.1, 0.15) is 5.75 Å². The predicted octanol–water partition coefficient (Wildman–Crippen LogP) is 3.37. The Labute approximate surface area is 179 Å². The summed E-state index contributed by atoms with van der Waals surface area (Å²) in [7, 11) is -1.59. The summed E-state index contributed by atoms with van der Waals surface area (Å²) in [4.78, 5) is 17.4. The maximum atomic E-state index is 13.4. The second-order valence-corrected chi connectivity index (χ2v) is 9.76. The van der Waals surface area contributed by atoms with Crippen molar-refractivity contribution in [2.45, 2.75) is 32.9 Å². The molecule has 30 heavy (non-hydrogen) atoms. The summed E-state index contributed by atoms with van der Waals surface area (Å²) in [5.74, 6) is 0.410. The average Bonchev–Trinajstić information content (AvgIpc) is 3.12. The van der Waals surface area contributed by atoms with E-state index in [9.17, 15) is 13.2 Å². The Morgan fingerprint density at radius 2 is 1.73 bits per heavy atom. The first-order chi connectivity index (χ1) is 14.4. The molecule has 1 aliphatic rings. The van der Waals surface area contributed by atoms with Crippen LogP contribution >= 0.6 is 0 Å². The number of hydrogen-bond acceptors (Lipinski definition) is 5. The molecule has 1 heterocycles. The fourth-order valence-electron chi connectivity index (χ4n) is 3.96. The van der Waals surface area contributed by atoms with Crippen LogP contribution in [0.1, 0.15) is 36.2 Å². The minimum Gasteiger partial charge on any atom is -0.496 e. The zero-order chi connectivity index (χ0) is 21.7. The molecule has 0 radical (unpaired) electrons. The minimum atomic E-state index is -3.12.